The molecule has 3 aromatic rings. The molecule has 2 aliphatic heterocycles. The Balaban J connectivity index is 1.28. The van der Waals surface area contributed by atoms with E-state index < -0.39 is 16.8 Å². The minimum Gasteiger partial charge on any atom is -0.307 e. The lowest BCUT2D eigenvalue weighted by atomic mass is 9.68. The van der Waals surface area contributed by atoms with Crippen molar-refractivity contribution in [2.24, 2.45) is 29.6 Å². The number of benzene rings is 2. The molecule has 2 bridgehead atoms. The minimum absolute atomic E-state index is 0.0171. The smallest absolute Gasteiger partial charge is 0.305 e. The van der Waals surface area contributed by atoms with Crippen LogP contribution >= 0.6 is 23.1 Å². The van der Waals surface area contributed by atoms with E-state index in [1.807, 2.05) is 0 Å². The number of nitrogens with zero attached hydrogens (tertiary/aromatic N) is 2. The van der Waals surface area contributed by atoms with Gasteiger partial charge in [-0.25, -0.2) is 0 Å². The lowest BCUT2D eigenvalue weighted by Crippen LogP contribution is -2.42. The number of hydrogen-bond acceptors (Lipinski definition) is 7. The van der Waals surface area contributed by atoms with Crippen LogP contribution in [-0.2, 0) is 15.0 Å². The number of H-pyrrole nitrogens is 1. The highest BCUT2D eigenvalue weighted by Crippen LogP contribution is 2.68. The van der Waals surface area contributed by atoms with Gasteiger partial charge in [0.15, 0.2) is 0 Å². The summed E-state index contributed by atoms with van der Waals surface area (Å²) in [5.74, 6) is -1.05. The van der Waals surface area contributed by atoms with Crippen LogP contribution in [0.25, 0.3) is 0 Å². The van der Waals surface area contributed by atoms with E-state index in [1.165, 1.54) is 46.1 Å². The fourth-order valence-electron chi connectivity index (χ4n) is 7.56. The van der Waals surface area contributed by atoms with Crippen LogP contribution < -0.4 is 9.77 Å². The van der Waals surface area contributed by atoms with Crippen molar-refractivity contribution in [1.82, 2.24) is 4.98 Å². The van der Waals surface area contributed by atoms with E-state index in [9.17, 15) is 24.5 Å². The Bertz CT molecular complexity index is 1590. The van der Waals surface area contributed by atoms with Gasteiger partial charge in [-0.3, -0.25) is 29.4 Å². The maximum atomic E-state index is 13.8. The number of thiazole rings is 1. The lowest BCUT2D eigenvalue weighted by Gasteiger charge is -2.43. The highest BCUT2D eigenvalue weighted by Gasteiger charge is 2.69. The summed E-state index contributed by atoms with van der Waals surface area (Å²) in [4.78, 5) is 55.9. The first-order valence-electron chi connectivity index (χ1n) is 13.2. The second-order valence-corrected chi connectivity index (χ2v) is 14.3. The molecular weight excluding hydrogens is 534 g/mol. The van der Waals surface area contributed by atoms with Crippen molar-refractivity contribution >= 4 is 46.3 Å². The standard InChI is InChI=1S/C29H27N3O5S2/c1-29(2,3)14-6-4-13(5-7-14)19-20-17-12-18(23(20)38-25-24(19)39-28(35)30-25)22-21(17)26(33)31(27(22)34)15-8-10-16(11-9-15)32(36)37/h4-11,17-23H,12H2,1-3H3,(H,30,35)/t17?,18?,19-,20?,21?,22?,23?/m1/s1. The predicted molar refractivity (Wildman–Crippen MR) is 149 cm³/mol. The number of non-ortho nitro benzene ring substituents is 1. The van der Waals surface area contributed by atoms with Crippen LogP contribution in [0, 0.1) is 39.7 Å². The van der Waals surface area contributed by atoms with E-state index in [4.69, 9.17) is 0 Å². The van der Waals surface area contributed by atoms with E-state index in [0.717, 1.165) is 21.9 Å². The number of imide groups is 1. The predicted octanol–water partition coefficient (Wildman–Crippen LogP) is 5.32. The first-order chi connectivity index (χ1) is 18.5. The van der Waals surface area contributed by atoms with Crippen LogP contribution in [0.3, 0.4) is 0 Å². The number of thioether (sulfide) groups is 1. The zero-order valence-corrected chi connectivity index (χ0v) is 23.3. The number of nitro benzene ring substituents is 1. The number of carbonyl (C=O) groups excluding carboxylic acids is 2. The second kappa shape index (κ2) is 8.38. The number of hydrogen-bond donors (Lipinski definition) is 1. The lowest BCUT2D eigenvalue weighted by molar-refractivity contribution is -0.384. The second-order valence-electron chi connectivity index (χ2n) is 12.1. The molecule has 0 spiro atoms. The molecule has 2 aliphatic carbocycles. The third-order valence-corrected chi connectivity index (χ3v) is 11.8. The van der Waals surface area contributed by atoms with Gasteiger partial charge < -0.3 is 4.98 Å². The molecule has 1 saturated heterocycles. The quantitative estimate of drug-likeness (QED) is 0.263. The maximum absolute atomic E-state index is 13.8. The molecule has 6 unspecified atom stereocenters. The molecule has 3 fully saturated rings. The molecule has 7 atom stereocenters. The molecule has 1 aromatic heterocycles. The van der Waals surface area contributed by atoms with E-state index in [2.05, 4.69) is 50.0 Å². The van der Waals surface area contributed by atoms with Gasteiger partial charge >= 0.3 is 4.87 Å². The molecule has 200 valence electrons. The summed E-state index contributed by atoms with van der Waals surface area (Å²) in [5, 5.41) is 12.1. The topological polar surface area (TPSA) is 113 Å². The van der Waals surface area contributed by atoms with Crippen molar-refractivity contribution in [3.63, 3.8) is 0 Å². The van der Waals surface area contributed by atoms with Gasteiger partial charge in [-0.1, -0.05) is 56.4 Å². The Kier molecular flexibility index (Phi) is 5.32. The summed E-state index contributed by atoms with van der Waals surface area (Å²) in [6.07, 6.45) is 0.818. The van der Waals surface area contributed by atoms with Crippen molar-refractivity contribution in [3.8, 4) is 0 Å². The molecule has 1 N–H and O–H groups in total. The SMILES string of the molecule is CC(C)(C)c1ccc([C@H]2c3sc(=O)[nH]c3SC3C4CC(C5C(=O)N(c6ccc([N+](=O)[O-])cc6)C(=O)C45)C32)cc1. The van der Waals surface area contributed by atoms with Crippen molar-refractivity contribution < 1.29 is 14.5 Å². The summed E-state index contributed by atoms with van der Waals surface area (Å²) in [6.45, 7) is 6.54. The van der Waals surface area contributed by atoms with Crippen LogP contribution in [0.4, 0.5) is 11.4 Å². The first kappa shape index (κ1) is 24.8. The number of carbonyl (C=O) groups is 2. The molecular formula is C29H27N3O5S2. The van der Waals surface area contributed by atoms with Gasteiger partial charge in [0.25, 0.3) is 5.69 Å². The van der Waals surface area contributed by atoms with Gasteiger partial charge in [0.2, 0.25) is 11.8 Å². The van der Waals surface area contributed by atoms with Crippen molar-refractivity contribution in [1.29, 1.82) is 0 Å². The Hall–Kier alpha value is -3.24. The molecule has 10 heteroatoms. The summed E-state index contributed by atoms with van der Waals surface area (Å²) in [5.41, 5.74) is 2.70. The average Bonchev–Trinajstić information content (AvgIpc) is 3.62. The molecule has 3 heterocycles. The Morgan fingerprint density at radius 3 is 2.21 bits per heavy atom. The molecule has 2 aromatic carbocycles. The fourth-order valence-corrected chi connectivity index (χ4v) is 10.4. The van der Waals surface area contributed by atoms with Crippen LogP contribution in [0.2, 0.25) is 0 Å². The molecule has 4 aliphatic rings. The number of anilines is 1. The number of aromatic nitrogens is 1. The van der Waals surface area contributed by atoms with Gasteiger partial charge in [0.1, 0.15) is 0 Å². The fraction of sp³-hybridized carbons (Fsp3) is 0.414. The third-order valence-electron chi connectivity index (χ3n) is 9.18. The number of nitrogens with one attached hydrogen (secondary N) is 1. The summed E-state index contributed by atoms with van der Waals surface area (Å²) in [6, 6.07) is 14.3. The Labute approximate surface area is 233 Å². The number of amides is 2. The van der Waals surface area contributed by atoms with E-state index >= 15 is 0 Å². The van der Waals surface area contributed by atoms with Gasteiger partial charge in [-0.2, -0.15) is 0 Å². The molecule has 2 amide bonds. The number of nitro groups is 1. The highest BCUT2D eigenvalue weighted by molar-refractivity contribution is 8.00. The average molecular weight is 562 g/mol. The van der Waals surface area contributed by atoms with Crippen LogP contribution in [0.5, 0.6) is 0 Å². The zero-order valence-electron chi connectivity index (χ0n) is 21.6. The molecule has 39 heavy (non-hydrogen) atoms. The Morgan fingerprint density at radius 1 is 0.949 bits per heavy atom. The maximum Gasteiger partial charge on any atom is 0.305 e. The van der Waals surface area contributed by atoms with Gasteiger partial charge in [0, 0.05) is 28.2 Å². The van der Waals surface area contributed by atoms with Gasteiger partial charge in [0.05, 0.1) is 27.5 Å². The van der Waals surface area contributed by atoms with Crippen LogP contribution in [0.15, 0.2) is 58.4 Å². The zero-order chi connectivity index (χ0) is 27.4. The normalized spacial score (nSPS) is 30.8. The van der Waals surface area contributed by atoms with E-state index in [1.54, 1.807) is 11.8 Å². The van der Waals surface area contributed by atoms with E-state index in [0.29, 0.717) is 5.69 Å². The number of fused-ring (bicyclic) bond motifs is 9. The highest BCUT2D eigenvalue weighted by atomic mass is 32.2. The molecule has 2 saturated carbocycles. The van der Waals surface area contributed by atoms with Gasteiger partial charge in [-0.15, -0.1) is 11.8 Å². The number of rotatable bonds is 3. The Morgan fingerprint density at radius 2 is 1.59 bits per heavy atom. The first-order valence-corrected chi connectivity index (χ1v) is 14.9. The van der Waals surface area contributed by atoms with Crippen molar-refractivity contribution in [3.05, 3.63) is 84.3 Å². The summed E-state index contributed by atoms with van der Waals surface area (Å²) < 4.78 is 0. The molecule has 8 nitrogen and oxygen atoms in total. The summed E-state index contributed by atoms with van der Waals surface area (Å²) >= 11 is 2.93. The van der Waals surface area contributed by atoms with Crippen LogP contribution in [0.1, 0.15) is 49.1 Å². The molecule has 0 radical (unpaired) electrons. The minimum atomic E-state index is -0.495. The largest absolute Gasteiger partial charge is 0.307 e. The molecule has 7 rings (SSSR count). The van der Waals surface area contributed by atoms with Crippen molar-refractivity contribution in [2.45, 2.75) is 48.8 Å². The summed E-state index contributed by atoms with van der Waals surface area (Å²) in [7, 11) is 0. The number of aromatic amines is 1. The van der Waals surface area contributed by atoms with Gasteiger partial charge in [-0.05, 0) is 52.8 Å². The van der Waals surface area contributed by atoms with Crippen molar-refractivity contribution in [2.75, 3.05) is 4.90 Å². The monoisotopic (exact) mass is 561 g/mol. The third kappa shape index (κ3) is 3.53. The van der Waals surface area contributed by atoms with E-state index in [-0.39, 0.29) is 56.7 Å². The van der Waals surface area contributed by atoms with Crippen LogP contribution in [-0.4, -0.2) is 27.0 Å².